The summed E-state index contributed by atoms with van der Waals surface area (Å²) in [5.41, 5.74) is 1.13. The Bertz CT molecular complexity index is 491. The standard InChI is InChI=1S/C17H30N4S2/c1-5-18-17(19-11-16-20-12(3)13(4)23-16)21-14-8-7-9-15(10-14)22-6-2/h14-15H,5-11H2,1-4H3,(H2,18,19,21). The van der Waals surface area contributed by atoms with Crippen LogP contribution in [0.1, 0.15) is 55.1 Å². The van der Waals surface area contributed by atoms with Crippen molar-refractivity contribution in [3.05, 3.63) is 15.6 Å². The molecule has 0 saturated heterocycles. The fourth-order valence-electron chi connectivity index (χ4n) is 2.93. The van der Waals surface area contributed by atoms with Crippen LogP contribution in [0.3, 0.4) is 0 Å². The second kappa shape index (κ2) is 9.52. The molecule has 6 heteroatoms. The Kier molecular flexibility index (Phi) is 7.70. The van der Waals surface area contributed by atoms with Crippen LogP contribution in [0.5, 0.6) is 0 Å². The molecule has 2 atom stereocenters. The highest BCUT2D eigenvalue weighted by molar-refractivity contribution is 7.99. The Morgan fingerprint density at radius 3 is 2.83 bits per heavy atom. The van der Waals surface area contributed by atoms with Gasteiger partial charge in [-0.2, -0.15) is 11.8 Å². The zero-order valence-corrected chi connectivity index (χ0v) is 16.4. The van der Waals surface area contributed by atoms with Gasteiger partial charge in [0.15, 0.2) is 5.96 Å². The molecule has 0 radical (unpaired) electrons. The molecule has 1 aromatic heterocycles. The third-order valence-corrected chi connectivity index (χ3v) is 6.45. The van der Waals surface area contributed by atoms with Crippen molar-refractivity contribution in [2.24, 2.45) is 4.99 Å². The predicted molar refractivity (Wildman–Crippen MR) is 104 cm³/mol. The summed E-state index contributed by atoms with van der Waals surface area (Å²) in [6.45, 7) is 10.1. The molecule has 0 aromatic carbocycles. The summed E-state index contributed by atoms with van der Waals surface area (Å²) in [6.07, 6.45) is 5.18. The van der Waals surface area contributed by atoms with E-state index < -0.39 is 0 Å². The number of aliphatic imine (C=N–C) groups is 1. The van der Waals surface area contributed by atoms with Gasteiger partial charge in [0, 0.05) is 22.7 Å². The molecule has 1 saturated carbocycles. The predicted octanol–water partition coefficient (Wildman–Crippen LogP) is 3.88. The Morgan fingerprint density at radius 1 is 1.35 bits per heavy atom. The molecular weight excluding hydrogens is 324 g/mol. The van der Waals surface area contributed by atoms with E-state index in [4.69, 9.17) is 4.99 Å². The minimum Gasteiger partial charge on any atom is -0.357 e. The van der Waals surface area contributed by atoms with Crippen LogP contribution in [0.25, 0.3) is 0 Å². The number of aromatic nitrogens is 1. The Balaban J connectivity index is 1.93. The molecule has 1 aliphatic rings. The van der Waals surface area contributed by atoms with Crippen LogP contribution in [-0.4, -0.2) is 34.5 Å². The fraction of sp³-hybridized carbons (Fsp3) is 0.765. The van der Waals surface area contributed by atoms with E-state index in [1.165, 1.54) is 36.3 Å². The number of hydrogen-bond acceptors (Lipinski definition) is 4. The Morgan fingerprint density at radius 2 is 2.17 bits per heavy atom. The zero-order valence-electron chi connectivity index (χ0n) is 14.8. The van der Waals surface area contributed by atoms with Crippen molar-refractivity contribution < 1.29 is 0 Å². The van der Waals surface area contributed by atoms with Gasteiger partial charge in [-0.1, -0.05) is 13.3 Å². The number of guanidine groups is 1. The van der Waals surface area contributed by atoms with Gasteiger partial charge in [0.2, 0.25) is 0 Å². The van der Waals surface area contributed by atoms with Crippen LogP contribution in [0.4, 0.5) is 0 Å². The average molecular weight is 355 g/mol. The molecule has 130 valence electrons. The molecule has 1 aromatic rings. The van der Waals surface area contributed by atoms with Crippen molar-refractivity contribution >= 4 is 29.1 Å². The van der Waals surface area contributed by atoms with Crippen LogP contribution in [0.2, 0.25) is 0 Å². The van der Waals surface area contributed by atoms with Gasteiger partial charge in [-0.05, 0) is 45.8 Å². The van der Waals surface area contributed by atoms with E-state index in [1.807, 2.05) is 0 Å². The van der Waals surface area contributed by atoms with Crippen LogP contribution in [0.15, 0.2) is 4.99 Å². The molecule has 0 spiro atoms. The molecule has 1 aliphatic carbocycles. The van der Waals surface area contributed by atoms with Crippen molar-refractivity contribution in [3.8, 4) is 0 Å². The molecule has 23 heavy (non-hydrogen) atoms. The third-order valence-electron chi connectivity index (χ3n) is 4.16. The topological polar surface area (TPSA) is 49.3 Å². The molecule has 1 fully saturated rings. The lowest BCUT2D eigenvalue weighted by Gasteiger charge is -2.30. The summed E-state index contributed by atoms with van der Waals surface area (Å²) in [7, 11) is 0. The fourth-order valence-corrected chi connectivity index (χ4v) is 4.96. The zero-order chi connectivity index (χ0) is 16.7. The number of nitrogens with zero attached hydrogens (tertiary/aromatic N) is 2. The number of rotatable bonds is 6. The van der Waals surface area contributed by atoms with Gasteiger partial charge in [0.25, 0.3) is 0 Å². The minimum atomic E-state index is 0.547. The quantitative estimate of drug-likeness (QED) is 0.601. The van der Waals surface area contributed by atoms with E-state index in [9.17, 15) is 0 Å². The molecular formula is C17H30N4S2. The first-order chi connectivity index (χ1) is 11.1. The molecule has 1 heterocycles. The van der Waals surface area contributed by atoms with Crippen LogP contribution in [-0.2, 0) is 6.54 Å². The normalized spacial score (nSPS) is 22.2. The van der Waals surface area contributed by atoms with Gasteiger partial charge in [0.1, 0.15) is 5.01 Å². The molecule has 2 N–H and O–H groups in total. The Hall–Kier alpha value is -0.750. The van der Waals surface area contributed by atoms with Gasteiger partial charge in [-0.15, -0.1) is 11.3 Å². The molecule has 2 unspecified atom stereocenters. The summed E-state index contributed by atoms with van der Waals surface area (Å²) in [4.78, 5) is 10.6. The van der Waals surface area contributed by atoms with E-state index in [-0.39, 0.29) is 0 Å². The van der Waals surface area contributed by atoms with Gasteiger partial charge in [-0.25, -0.2) is 9.98 Å². The minimum absolute atomic E-state index is 0.547. The SMILES string of the molecule is CCNC(=NCc1nc(C)c(C)s1)NC1CCCC(SCC)C1. The number of thioether (sulfide) groups is 1. The number of thiazole rings is 1. The summed E-state index contributed by atoms with van der Waals surface area (Å²) in [5.74, 6) is 2.15. The van der Waals surface area contributed by atoms with Gasteiger partial charge < -0.3 is 10.6 Å². The maximum absolute atomic E-state index is 4.74. The lowest BCUT2D eigenvalue weighted by Crippen LogP contribution is -2.45. The lowest BCUT2D eigenvalue weighted by atomic mass is 9.95. The first kappa shape index (κ1) is 18.6. The molecule has 0 amide bonds. The highest BCUT2D eigenvalue weighted by Crippen LogP contribution is 2.28. The Labute approximate surface area is 149 Å². The van der Waals surface area contributed by atoms with Crippen molar-refractivity contribution in [2.45, 2.75) is 71.2 Å². The summed E-state index contributed by atoms with van der Waals surface area (Å²) in [5, 5.41) is 8.92. The third kappa shape index (κ3) is 5.99. The summed E-state index contributed by atoms with van der Waals surface area (Å²) >= 11 is 3.85. The lowest BCUT2D eigenvalue weighted by molar-refractivity contribution is 0.419. The maximum atomic E-state index is 4.74. The van der Waals surface area contributed by atoms with Crippen molar-refractivity contribution in [3.63, 3.8) is 0 Å². The van der Waals surface area contributed by atoms with Crippen LogP contribution in [0, 0.1) is 13.8 Å². The number of nitrogens with one attached hydrogen (secondary N) is 2. The maximum Gasteiger partial charge on any atom is 0.191 e. The molecule has 0 aliphatic heterocycles. The number of aryl methyl sites for hydroxylation is 2. The summed E-state index contributed by atoms with van der Waals surface area (Å²) in [6, 6.07) is 0.547. The van der Waals surface area contributed by atoms with Crippen LogP contribution < -0.4 is 10.6 Å². The van der Waals surface area contributed by atoms with E-state index in [2.05, 4.69) is 55.1 Å². The second-order valence-corrected chi connectivity index (χ2v) is 8.89. The van der Waals surface area contributed by atoms with Crippen molar-refractivity contribution in [1.82, 2.24) is 15.6 Å². The highest BCUT2D eigenvalue weighted by Gasteiger charge is 2.22. The van der Waals surface area contributed by atoms with Crippen LogP contribution >= 0.6 is 23.1 Å². The van der Waals surface area contributed by atoms with Gasteiger partial charge in [0.05, 0.1) is 12.2 Å². The largest absolute Gasteiger partial charge is 0.357 e. The van der Waals surface area contributed by atoms with Gasteiger partial charge >= 0.3 is 0 Å². The summed E-state index contributed by atoms with van der Waals surface area (Å²) < 4.78 is 0. The molecule has 2 rings (SSSR count). The van der Waals surface area contributed by atoms with E-state index in [0.29, 0.717) is 12.6 Å². The van der Waals surface area contributed by atoms with Crippen molar-refractivity contribution in [1.29, 1.82) is 0 Å². The average Bonchev–Trinajstić information content (AvgIpc) is 2.84. The first-order valence-electron chi connectivity index (χ1n) is 8.71. The van der Waals surface area contributed by atoms with Crippen molar-refractivity contribution in [2.75, 3.05) is 12.3 Å². The smallest absolute Gasteiger partial charge is 0.191 e. The number of hydrogen-bond donors (Lipinski definition) is 2. The second-order valence-electron chi connectivity index (χ2n) is 6.03. The van der Waals surface area contributed by atoms with E-state index in [0.717, 1.165) is 28.5 Å². The van der Waals surface area contributed by atoms with E-state index >= 15 is 0 Å². The monoisotopic (exact) mass is 354 g/mol. The molecule has 4 nitrogen and oxygen atoms in total. The first-order valence-corrected chi connectivity index (χ1v) is 10.6. The van der Waals surface area contributed by atoms with Gasteiger partial charge in [-0.3, -0.25) is 0 Å². The molecule has 0 bridgehead atoms. The highest BCUT2D eigenvalue weighted by atomic mass is 32.2. The van der Waals surface area contributed by atoms with E-state index in [1.54, 1.807) is 11.3 Å².